The van der Waals surface area contributed by atoms with Gasteiger partial charge in [0.15, 0.2) is 13.2 Å². The first-order valence-electron chi connectivity index (χ1n) is 9.29. The Labute approximate surface area is 169 Å². The van der Waals surface area contributed by atoms with Gasteiger partial charge in [-0.3, -0.25) is 4.79 Å². The number of hydrogen-bond acceptors (Lipinski definition) is 5. The number of nitrogens with one attached hydrogen (secondary N) is 1. The Kier molecular flexibility index (Phi) is 7.14. The molecule has 0 radical (unpaired) electrons. The Morgan fingerprint density at radius 2 is 1.61 bits per heavy atom. The van der Waals surface area contributed by atoms with Crippen molar-refractivity contribution in [1.29, 1.82) is 0 Å². The summed E-state index contributed by atoms with van der Waals surface area (Å²) >= 11 is 5.78. The molecular formula is C21H23ClN2O4. The van der Waals surface area contributed by atoms with Crippen molar-refractivity contribution >= 4 is 34.9 Å². The van der Waals surface area contributed by atoms with Gasteiger partial charge in [0, 0.05) is 29.5 Å². The molecule has 2 aromatic rings. The van der Waals surface area contributed by atoms with E-state index in [2.05, 4.69) is 10.2 Å². The first kappa shape index (κ1) is 20.0. The van der Waals surface area contributed by atoms with E-state index in [-0.39, 0.29) is 13.2 Å². The maximum atomic E-state index is 12.0. The molecule has 1 N–H and O–H groups in total. The zero-order valence-corrected chi connectivity index (χ0v) is 16.3. The highest BCUT2D eigenvalue weighted by Crippen LogP contribution is 2.21. The molecule has 0 atom stereocenters. The van der Waals surface area contributed by atoms with Crippen molar-refractivity contribution in [3.8, 4) is 5.75 Å². The van der Waals surface area contributed by atoms with Gasteiger partial charge in [-0.1, -0.05) is 11.6 Å². The van der Waals surface area contributed by atoms with Crippen LogP contribution in [0.4, 0.5) is 11.4 Å². The highest BCUT2D eigenvalue weighted by atomic mass is 35.5. The van der Waals surface area contributed by atoms with Crippen molar-refractivity contribution in [2.45, 2.75) is 19.3 Å². The summed E-state index contributed by atoms with van der Waals surface area (Å²) < 4.78 is 10.2. The molecule has 0 aliphatic carbocycles. The number of carbonyl (C=O) groups excluding carboxylic acids is 2. The number of halogens is 1. The lowest BCUT2D eigenvalue weighted by molar-refractivity contribution is -0.149. The molecule has 1 aliphatic heterocycles. The Balaban J connectivity index is 1.38. The Morgan fingerprint density at radius 1 is 0.929 bits per heavy atom. The van der Waals surface area contributed by atoms with Gasteiger partial charge < -0.3 is 19.7 Å². The van der Waals surface area contributed by atoms with Gasteiger partial charge in [-0.25, -0.2) is 4.79 Å². The van der Waals surface area contributed by atoms with E-state index in [1.165, 1.54) is 19.3 Å². The third-order valence-electron chi connectivity index (χ3n) is 4.41. The van der Waals surface area contributed by atoms with Crippen LogP contribution in [0.5, 0.6) is 5.75 Å². The SMILES string of the molecule is O=C(COC(=O)COc1ccc(Cl)cc1)Nc1ccc(N2CCCCC2)cc1. The molecular weight excluding hydrogens is 380 g/mol. The van der Waals surface area contributed by atoms with Crippen LogP contribution in [0.25, 0.3) is 0 Å². The average molecular weight is 403 g/mol. The number of amides is 1. The van der Waals surface area contributed by atoms with E-state index < -0.39 is 11.9 Å². The summed E-state index contributed by atoms with van der Waals surface area (Å²) in [7, 11) is 0. The number of carbonyl (C=O) groups is 2. The van der Waals surface area contributed by atoms with Crippen molar-refractivity contribution in [3.05, 3.63) is 53.6 Å². The summed E-state index contributed by atoms with van der Waals surface area (Å²) in [5, 5.41) is 3.30. The van der Waals surface area contributed by atoms with Crippen molar-refractivity contribution in [2.24, 2.45) is 0 Å². The largest absolute Gasteiger partial charge is 0.482 e. The fourth-order valence-corrected chi connectivity index (χ4v) is 3.09. The van der Waals surface area contributed by atoms with Crippen LogP contribution >= 0.6 is 11.6 Å². The quantitative estimate of drug-likeness (QED) is 0.711. The molecule has 7 heteroatoms. The van der Waals surface area contributed by atoms with E-state index in [0.717, 1.165) is 18.8 Å². The minimum Gasteiger partial charge on any atom is -0.482 e. The molecule has 1 aliphatic rings. The van der Waals surface area contributed by atoms with E-state index in [4.69, 9.17) is 21.1 Å². The molecule has 1 amide bonds. The Hall–Kier alpha value is -2.73. The summed E-state index contributed by atoms with van der Waals surface area (Å²) in [6.45, 7) is 1.50. The van der Waals surface area contributed by atoms with Gasteiger partial charge in [-0.15, -0.1) is 0 Å². The molecule has 1 fully saturated rings. The fourth-order valence-electron chi connectivity index (χ4n) is 2.97. The zero-order chi connectivity index (χ0) is 19.8. The molecule has 148 valence electrons. The highest BCUT2D eigenvalue weighted by molar-refractivity contribution is 6.30. The lowest BCUT2D eigenvalue weighted by Crippen LogP contribution is -2.29. The summed E-state index contributed by atoms with van der Waals surface area (Å²) in [6.07, 6.45) is 3.71. The number of benzene rings is 2. The monoisotopic (exact) mass is 402 g/mol. The third kappa shape index (κ3) is 6.16. The van der Waals surface area contributed by atoms with Gasteiger partial charge in [-0.05, 0) is 67.8 Å². The van der Waals surface area contributed by atoms with Crippen LogP contribution in [0.2, 0.25) is 5.02 Å². The number of piperidine rings is 1. The zero-order valence-electron chi connectivity index (χ0n) is 15.5. The van der Waals surface area contributed by atoms with Gasteiger partial charge in [0.05, 0.1) is 0 Å². The number of nitrogens with zero attached hydrogens (tertiary/aromatic N) is 1. The minimum atomic E-state index is -0.620. The summed E-state index contributed by atoms with van der Waals surface area (Å²) in [5.41, 5.74) is 1.82. The standard InChI is InChI=1S/C21H23ClN2O4/c22-16-4-10-19(11-5-16)27-15-21(26)28-14-20(25)23-17-6-8-18(9-7-17)24-12-2-1-3-13-24/h4-11H,1-3,12-15H2,(H,23,25). The number of hydrogen-bond donors (Lipinski definition) is 1. The first-order chi connectivity index (χ1) is 13.6. The number of ether oxygens (including phenoxy) is 2. The van der Waals surface area contributed by atoms with Crippen molar-refractivity contribution < 1.29 is 19.1 Å². The Bertz CT molecular complexity index is 787. The second-order valence-corrected chi connectivity index (χ2v) is 6.98. The molecule has 1 heterocycles. The summed E-state index contributed by atoms with van der Waals surface area (Å²) in [4.78, 5) is 26.0. The second kappa shape index (κ2) is 9.99. The Morgan fingerprint density at radius 3 is 2.29 bits per heavy atom. The van der Waals surface area contributed by atoms with E-state index in [0.29, 0.717) is 16.5 Å². The van der Waals surface area contributed by atoms with Crippen LogP contribution in [-0.4, -0.2) is 38.2 Å². The lowest BCUT2D eigenvalue weighted by Gasteiger charge is -2.28. The van der Waals surface area contributed by atoms with Gasteiger partial charge in [0.1, 0.15) is 5.75 Å². The van der Waals surface area contributed by atoms with E-state index in [9.17, 15) is 9.59 Å². The van der Waals surface area contributed by atoms with E-state index in [1.54, 1.807) is 24.3 Å². The van der Waals surface area contributed by atoms with Crippen LogP contribution in [0.1, 0.15) is 19.3 Å². The molecule has 0 unspecified atom stereocenters. The molecule has 6 nitrogen and oxygen atoms in total. The summed E-state index contributed by atoms with van der Waals surface area (Å²) in [5.74, 6) is -0.518. The molecule has 0 saturated carbocycles. The predicted molar refractivity (Wildman–Crippen MR) is 109 cm³/mol. The molecule has 3 rings (SSSR count). The number of esters is 1. The molecule has 0 aromatic heterocycles. The van der Waals surface area contributed by atoms with Crippen LogP contribution in [0.15, 0.2) is 48.5 Å². The average Bonchev–Trinajstić information content (AvgIpc) is 2.73. The van der Waals surface area contributed by atoms with Crippen molar-refractivity contribution in [1.82, 2.24) is 0 Å². The van der Waals surface area contributed by atoms with Gasteiger partial charge in [0.25, 0.3) is 5.91 Å². The molecule has 1 saturated heterocycles. The van der Waals surface area contributed by atoms with Gasteiger partial charge in [-0.2, -0.15) is 0 Å². The maximum absolute atomic E-state index is 12.0. The van der Waals surface area contributed by atoms with Gasteiger partial charge >= 0.3 is 5.97 Å². The first-order valence-corrected chi connectivity index (χ1v) is 9.67. The van der Waals surface area contributed by atoms with Crippen LogP contribution in [0, 0.1) is 0 Å². The fraction of sp³-hybridized carbons (Fsp3) is 0.333. The van der Waals surface area contributed by atoms with Crippen LogP contribution < -0.4 is 15.0 Å². The van der Waals surface area contributed by atoms with Crippen molar-refractivity contribution in [3.63, 3.8) is 0 Å². The molecule has 2 aromatic carbocycles. The molecule has 0 bridgehead atoms. The molecule has 28 heavy (non-hydrogen) atoms. The van der Waals surface area contributed by atoms with Crippen molar-refractivity contribution in [2.75, 3.05) is 36.5 Å². The summed E-state index contributed by atoms with van der Waals surface area (Å²) in [6, 6.07) is 14.3. The second-order valence-electron chi connectivity index (χ2n) is 6.55. The van der Waals surface area contributed by atoms with E-state index >= 15 is 0 Å². The smallest absolute Gasteiger partial charge is 0.344 e. The topological polar surface area (TPSA) is 67.9 Å². The maximum Gasteiger partial charge on any atom is 0.344 e. The third-order valence-corrected chi connectivity index (χ3v) is 4.66. The predicted octanol–water partition coefficient (Wildman–Crippen LogP) is 3.89. The van der Waals surface area contributed by atoms with Gasteiger partial charge in [0.2, 0.25) is 0 Å². The highest BCUT2D eigenvalue weighted by Gasteiger charge is 2.12. The number of anilines is 2. The van der Waals surface area contributed by atoms with Crippen LogP contribution in [-0.2, 0) is 14.3 Å². The van der Waals surface area contributed by atoms with E-state index in [1.807, 2.05) is 24.3 Å². The lowest BCUT2D eigenvalue weighted by atomic mass is 10.1. The molecule has 0 spiro atoms. The van der Waals surface area contributed by atoms with Crippen LogP contribution in [0.3, 0.4) is 0 Å². The minimum absolute atomic E-state index is 0.278. The normalized spacial score (nSPS) is 13.7. The number of rotatable bonds is 7.